The molecule has 0 heterocycles. The van der Waals surface area contributed by atoms with Crippen molar-refractivity contribution < 1.29 is 9.84 Å². The molecule has 13 heavy (non-hydrogen) atoms. The third-order valence-corrected chi connectivity index (χ3v) is 1.85. The van der Waals surface area contributed by atoms with Gasteiger partial charge in [-0.25, -0.2) is 0 Å². The summed E-state index contributed by atoms with van der Waals surface area (Å²) in [6, 6.07) is 4.56. The van der Waals surface area contributed by atoms with E-state index in [2.05, 4.69) is 6.58 Å². The van der Waals surface area contributed by atoms with Gasteiger partial charge in [0.15, 0.2) is 0 Å². The third-order valence-electron chi connectivity index (χ3n) is 1.85. The standard InChI is InChI=1S/C10H13NO2/c1-3-9(11)8-6-7(13-2)4-5-10(8)12/h3-6,9,12H,1,11H2,2H3/t9-/m0/s1. The summed E-state index contributed by atoms with van der Waals surface area (Å²) in [4.78, 5) is 0. The van der Waals surface area contributed by atoms with Crippen LogP contribution < -0.4 is 10.5 Å². The van der Waals surface area contributed by atoms with Crippen LogP contribution in [0.3, 0.4) is 0 Å². The van der Waals surface area contributed by atoms with Gasteiger partial charge in [0, 0.05) is 5.56 Å². The van der Waals surface area contributed by atoms with Gasteiger partial charge in [-0.3, -0.25) is 0 Å². The van der Waals surface area contributed by atoms with E-state index < -0.39 is 0 Å². The molecule has 0 fully saturated rings. The van der Waals surface area contributed by atoms with Crippen LogP contribution in [0.2, 0.25) is 0 Å². The summed E-state index contributed by atoms with van der Waals surface area (Å²) in [5.41, 5.74) is 6.30. The number of aromatic hydroxyl groups is 1. The first-order chi connectivity index (χ1) is 6.19. The Morgan fingerprint density at radius 3 is 2.85 bits per heavy atom. The Morgan fingerprint density at radius 1 is 1.62 bits per heavy atom. The lowest BCUT2D eigenvalue weighted by molar-refractivity contribution is 0.410. The molecule has 0 bridgehead atoms. The van der Waals surface area contributed by atoms with Crippen LogP contribution >= 0.6 is 0 Å². The number of ether oxygens (including phenoxy) is 1. The Kier molecular flexibility index (Phi) is 2.93. The number of benzene rings is 1. The Labute approximate surface area is 77.4 Å². The summed E-state index contributed by atoms with van der Waals surface area (Å²) in [6.07, 6.45) is 1.56. The molecule has 0 aliphatic heterocycles. The lowest BCUT2D eigenvalue weighted by atomic mass is 10.1. The number of hydrogen-bond acceptors (Lipinski definition) is 3. The van der Waals surface area contributed by atoms with E-state index in [0.717, 1.165) is 0 Å². The van der Waals surface area contributed by atoms with E-state index >= 15 is 0 Å². The van der Waals surface area contributed by atoms with E-state index in [1.165, 1.54) is 0 Å². The summed E-state index contributed by atoms with van der Waals surface area (Å²) in [6.45, 7) is 3.56. The summed E-state index contributed by atoms with van der Waals surface area (Å²) in [7, 11) is 1.57. The SMILES string of the molecule is C=C[C@H](N)c1cc(OC)ccc1O. The van der Waals surface area contributed by atoms with E-state index in [1.807, 2.05) is 0 Å². The second-order valence-corrected chi connectivity index (χ2v) is 2.69. The predicted molar refractivity (Wildman–Crippen MR) is 51.8 cm³/mol. The van der Waals surface area contributed by atoms with Crippen LogP contribution in [-0.4, -0.2) is 12.2 Å². The molecule has 1 atom stereocenters. The monoisotopic (exact) mass is 179 g/mol. The number of hydrogen-bond donors (Lipinski definition) is 2. The largest absolute Gasteiger partial charge is 0.508 e. The molecule has 70 valence electrons. The Balaban J connectivity index is 3.10. The Bertz CT molecular complexity index is 310. The van der Waals surface area contributed by atoms with Gasteiger partial charge in [-0.2, -0.15) is 0 Å². The molecule has 0 aromatic heterocycles. The molecule has 0 unspecified atom stereocenters. The van der Waals surface area contributed by atoms with Crippen molar-refractivity contribution in [3.8, 4) is 11.5 Å². The summed E-state index contributed by atoms with van der Waals surface area (Å²) in [5.74, 6) is 0.832. The average molecular weight is 179 g/mol. The van der Waals surface area contributed by atoms with Gasteiger partial charge in [-0.15, -0.1) is 6.58 Å². The fraction of sp³-hybridized carbons (Fsp3) is 0.200. The van der Waals surface area contributed by atoms with Crippen LogP contribution in [0, 0.1) is 0 Å². The highest BCUT2D eigenvalue weighted by atomic mass is 16.5. The molecule has 3 nitrogen and oxygen atoms in total. The van der Waals surface area contributed by atoms with Crippen molar-refractivity contribution in [2.24, 2.45) is 5.73 Å². The van der Waals surface area contributed by atoms with Gasteiger partial charge in [-0.05, 0) is 18.2 Å². The highest BCUT2D eigenvalue weighted by Gasteiger charge is 2.08. The van der Waals surface area contributed by atoms with E-state index in [0.29, 0.717) is 11.3 Å². The maximum Gasteiger partial charge on any atom is 0.120 e. The molecular weight excluding hydrogens is 166 g/mol. The zero-order chi connectivity index (χ0) is 9.84. The first-order valence-electron chi connectivity index (χ1n) is 3.94. The molecule has 1 aromatic rings. The molecule has 3 heteroatoms. The Morgan fingerprint density at radius 2 is 2.31 bits per heavy atom. The zero-order valence-corrected chi connectivity index (χ0v) is 7.53. The smallest absolute Gasteiger partial charge is 0.120 e. The predicted octanol–water partition coefficient (Wildman–Crippen LogP) is 1.59. The number of rotatable bonds is 3. The van der Waals surface area contributed by atoms with Crippen LogP contribution in [0.1, 0.15) is 11.6 Å². The van der Waals surface area contributed by atoms with Crippen LogP contribution in [0.15, 0.2) is 30.9 Å². The molecule has 0 spiro atoms. The maximum atomic E-state index is 9.45. The van der Waals surface area contributed by atoms with Crippen molar-refractivity contribution in [2.75, 3.05) is 7.11 Å². The molecule has 0 saturated carbocycles. The first-order valence-corrected chi connectivity index (χ1v) is 3.94. The average Bonchev–Trinajstić information content (AvgIpc) is 2.17. The van der Waals surface area contributed by atoms with E-state index in [4.69, 9.17) is 10.5 Å². The number of phenolic OH excluding ortho intramolecular Hbond substituents is 1. The molecule has 0 radical (unpaired) electrons. The summed E-state index contributed by atoms with van der Waals surface area (Å²) in [5, 5.41) is 9.45. The first kappa shape index (κ1) is 9.61. The molecule has 0 aliphatic carbocycles. The fourth-order valence-corrected chi connectivity index (χ4v) is 1.05. The minimum Gasteiger partial charge on any atom is -0.508 e. The second kappa shape index (κ2) is 3.96. The topological polar surface area (TPSA) is 55.5 Å². The van der Waals surface area contributed by atoms with Crippen molar-refractivity contribution in [3.63, 3.8) is 0 Å². The normalized spacial score (nSPS) is 12.2. The van der Waals surface area contributed by atoms with Crippen LogP contribution in [-0.2, 0) is 0 Å². The van der Waals surface area contributed by atoms with Crippen molar-refractivity contribution in [1.29, 1.82) is 0 Å². The quantitative estimate of drug-likeness (QED) is 0.693. The van der Waals surface area contributed by atoms with Gasteiger partial charge in [0.25, 0.3) is 0 Å². The minimum atomic E-state index is -0.366. The molecule has 0 aliphatic rings. The van der Waals surface area contributed by atoms with E-state index in [-0.39, 0.29) is 11.8 Å². The maximum absolute atomic E-state index is 9.45. The number of nitrogens with two attached hydrogens (primary N) is 1. The summed E-state index contributed by atoms with van der Waals surface area (Å²) >= 11 is 0. The van der Waals surface area contributed by atoms with Gasteiger partial charge < -0.3 is 15.6 Å². The zero-order valence-electron chi connectivity index (χ0n) is 7.53. The summed E-state index contributed by atoms with van der Waals surface area (Å²) < 4.78 is 5.00. The van der Waals surface area contributed by atoms with Crippen molar-refractivity contribution in [3.05, 3.63) is 36.4 Å². The van der Waals surface area contributed by atoms with Crippen LogP contribution in [0.5, 0.6) is 11.5 Å². The second-order valence-electron chi connectivity index (χ2n) is 2.69. The van der Waals surface area contributed by atoms with Crippen molar-refractivity contribution in [2.45, 2.75) is 6.04 Å². The third kappa shape index (κ3) is 2.00. The van der Waals surface area contributed by atoms with E-state index in [1.54, 1.807) is 31.4 Å². The lowest BCUT2D eigenvalue weighted by Crippen LogP contribution is -2.06. The molecule has 1 rings (SSSR count). The fourth-order valence-electron chi connectivity index (χ4n) is 1.05. The van der Waals surface area contributed by atoms with Gasteiger partial charge in [0.05, 0.1) is 13.2 Å². The van der Waals surface area contributed by atoms with E-state index in [9.17, 15) is 5.11 Å². The molecular formula is C10H13NO2. The van der Waals surface area contributed by atoms with Gasteiger partial charge in [-0.1, -0.05) is 6.08 Å². The van der Waals surface area contributed by atoms with Crippen molar-refractivity contribution in [1.82, 2.24) is 0 Å². The minimum absolute atomic E-state index is 0.160. The van der Waals surface area contributed by atoms with Crippen LogP contribution in [0.4, 0.5) is 0 Å². The molecule has 0 amide bonds. The number of methoxy groups -OCH3 is 1. The van der Waals surface area contributed by atoms with Crippen molar-refractivity contribution >= 4 is 0 Å². The van der Waals surface area contributed by atoms with Gasteiger partial charge in [0.2, 0.25) is 0 Å². The molecule has 3 N–H and O–H groups in total. The number of phenols is 1. The van der Waals surface area contributed by atoms with Crippen LogP contribution in [0.25, 0.3) is 0 Å². The van der Waals surface area contributed by atoms with Gasteiger partial charge >= 0.3 is 0 Å². The van der Waals surface area contributed by atoms with Gasteiger partial charge in [0.1, 0.15) is 11.5 Å². The lowest BCUT2D eigenvalue weighted by Gasteiger charge is -2.10. The Hall–Kier alpha value is -1.48. The molecule has 1 aromatic carbocycles. The highest BCUT2D eigenvalue weighted by molar-refractivity contribution is 5.42. The molecule has 0 saturated heterocycles. The highest BCUT2D eigenvalue weighted by Crippen LogP contribution is 2.27.